The molecule has 0 saturated carbocycles. The summed E-state index contributed by atoms with van der Waals surface area (Å²) in [6, 6.07) is 7.79. The first-order valence-electron chi connectivity index (χ1n) is 8.85. The molecule has 25 heavy (non-hydrogen) atoms. The van der Waals surface area contributed by atoms with E-state index in [1.54, 1.807) is 4.90 Å². The van der Waals surface area contributed by atoms with E-state index in [-0.39, 0.29) is 6.09 Å². The standard InChI is InChI=1S/C19H29N3O3/c1-19(2,3)25-18(24)22-10-8-16(9-11-22)13-20-12-15-4-6-17(7-5-15)21-14-23/h4-7,14,16,20H,8-13H2,1-3H3,(H,21,23). The molecule has 0 aromatic heterocycles. The number of hydrogen-bond acceptors (Lipinski definition) is 4. The fourth-order valence-electron chi connectivity index (χ4n) is 2.85. The third-order valence-electron chi connectivity index (χ3n) is 4.21. The first-order chi connectivity index (χ1) is 11.9. The van der Waals surface area contributed by atoms with E-state index in [4.69, 9.17) is 4.74 Å². The van der Waals surface area contributed by atoms with E-state index in [9.17, 15) is 9.59 Å². The third kappa shape index (κ3) is 6.74. The molecular formula is C19H29N3O3. The fraction of sp³-hybridized carbons (Fsp3) is 0.579. The predicted octanol–water partition coefficient (Wildman–Crippen LogP) is 2.99. The second-order valence-corrected chi connectivity index (χ2v) is 7.50. The molecule has 1 aliphatic rings. The highest BCUT2D eigenvalue weighted by Crippen LogP contribution is 2.19. The summed E-state index contributed by atoms with van der Waals surface area (Å²) in [4.78, 5) is 24.2. The van der Waals surface area contributed by atoms with E-state index >= 15 is 0 Å². The van der Waals surface area contributed by atoms with Crippen LogP contribution in [0.3, 0.4) is 0 Å². The zero-order valence-corrected chi connectivity index (χ0v) is 15.4. The maximum absolute atomic E-state index is 12.1. The molecule has 2 rings (SSSR count). The molecule has 0 atom stereocenters. The van der Waals surface area contributed by atoms with E-state index in [2.05, 4.69) is 10.6 Å². The number of amides is 2. The average molecular weight is 347 g/mol. The van der Waals surface area contributed by atoms with Gasteiger partial charge in [-0.05, 0) is 63.8 Å². The van der Waals surface area contributed by atoms with Crippen LogP contribution in [0.25, 0.3) is 0 Å². The third-order valence-corrected chi connectivity index (χ3v) is 4.21. The highest BCUT2D eigenvalue weighted by molar-refractivity contribution is 5.71. The lowest BCUT2D eigenvalue weighted by Crippen LogP contribution is -2.43. The summed E-state index contributed by atoms with van der Waals surface area (Å²) < 4.78 is 5.42. The van der Waals surface area contributed by atoms with E-state index in [0.29, 0.717) is 12.3 Å². The molecule has 0 spiro atoms. The van der Waals surface area contributed by atoms with Crippen LogP contribution in [0.15, 0.2) is 24.3 Å². The van der Waals surface area contributed by atoms with Crippen molar-refractivity contribution in [3.8, 4) is 0 Å². The highest BCUT2D eigenvalue weighted by Gasteiger charge is 2.26. The van der Waals surface area contributed by atoms with Crippen LogP contribution >= 0.6 is 0 Å². The Hall–Kier alpha value is -2.08. The van der Waals surface area contributed by atoms with Crippen molar-refractivity contribution in [2.75, 3.05) is 25.0 Å². The van der Waals surface area contributed by atoms with Gasteiger partial charge in [-0.1, -0.05) is 12.1 Å². The quantitative estimate of drug-likeness (QED) is 0.776. The first-order valence-corrected chi connectivity index (χ1v) is 8.85. The van der Waals surface area contributed by atoms with Crippen molar-refractivity contribution in [3.05, 3.63) is 29.8 Å². The van der Waals surface area contributed by atoms with Gasteiger partial charge in [0.15, 0.2) is 0 Å². The zero-order valence-electron chi connectivity index (χ0n) is 15.4. The molecule has 6 nitrogen and oxygen atoms in total. The molecule has 0 aliphatic carbocycles. The fourth-order valence-corrected chi connectivity index (χ4v) is 2.85. The van der Waals surface area contributed by atoms with Gasteiger partial charge in [0.1, 0.15) is 5.60 Å². The SMILES string of the molecule is CC(C)(C)OC(=O)N1CCC(CNCc2ccc(NC=O)cc2)CC1. The van der Waals surface area contributed by atoms with Crippen molar-refractivity contribution < 1.29 is 14.3 Å². The van der Waals surface area contributed by atoms with Gasteiger partial charge < -0.3 is 20.3 Å². The maximum Gasteiger partial charge on any atom is 0.410 e. The Morgan fingerprint density at radius 3 is 2.44 bits per heavy atom. The number of ether oxygens (including phenoxy) is 1. The van der Waals surface area contributed by atoms with Gasteiger partial charge >= 0.3 is 6.09 Å². The van der Waals surface area contributed by atoms with Crippen molar-refractivity contribution in [2.45, 2.75) is 45.8 Å². The Labute approximate surface area is 149 Å². The molecule has 2 amide bonds. The number of nitrogens with zero attached hydrogens (tertiary/aromatic N) is 1. The number of carbonyl (C=O) groups excluding carboxylic acids is 2. The van der Waals surface area contributed by atoms with Crippen LogP contribution in [-0.2, 0) is 16.1 Å². The Morgan fingerprint density at radius 1 is 1.24 bits per heavy atom. The average Bonchev–Trinajstić information content (AvgIpc) is 2.56. The molecule has 0 bridgehead atoms. The van der Waals surface area contributed by atoms with Crippen LogP contribution in [0.4, 0.5) is 10.5 Å². The Kier molecular flexibility index (Phi) is 6.82. The molecular weight excluding hydrogens is 318 g/mol. The lowest BCUT2D eigenvalue weighted by Gasteiger charge is -2.33. The first kappa shape index (κ1) is 19.2. The number of carbonyl (C=O) groups is 2. The van der Waals surface area contributed by atoms with Crippen LogP contribution in [0.1, 0.15) is 39.2 Å². The van der Waals surface area contributed by atoms with Crippen LogP contribution in [0.5, 0.6) is 0 Å². The van der Waals surface area contributed by atoms with E-state index in [0.717, 1.165) is 44.7 Å². The molecule has 1 aromatic carbocycles. The lowest BCUT2D eigenvalue weighted by atomic mass is 9.97. The van der Waals surface area contributed by atoms with Crippen molar-refractivity contribution in [3.63, 3.8) is 0 Å². The minimum Gasteiger partial charge on any atom is -0.444 e. The molecule has 6 heteroatoms. The maximum atomic E-state index is 12.1. The number of rotatable bonds is 6. The van der Waals surface area contributed by atoms with Crippen molar-refractivity contribution in [2.24, 2.45) is 5.92 Å². The Balaban J connectivity index is 1.66. The largest absolute Gasteiger partial charge is 0.444 e. The topological polar surface area (TPSA) is 70.7 Å². The van der Waals surface area contributed by atoms with Gasteiger partial charge in [0.2, 0.25) is 6.41 Å². The number of piperidine rings is 1. The van der Waals surface area contributed by atoms with E-state index in [1.807, 2.05) is 45.0 Å². The number of benzene rings is 1. The van der Waals surface area contributed by atoms with Crippen LogP contribution in [0.2, 0.25) is 0 Å². The molecule has 138 valence electrons. The summed E-state index contributed by atoms with van der Waals surface area (Å²) in [6.45, 7) is 8.93. The molecule has 1 aliphatic heterocycles. The number of anilines is 1. The van der Waals surface area contributed by atoms with Gasteiger partial charge in [0, 0.05) is 25.3 Å². The minimum atomic E-state index is -0.438. The highest BCUT2D eigenvalue weighted by atomic mass is 16.6. The Bertz CT molecular complexity index is 558. The van der Waals surface area contributed by atoms with Gasteiger partial charge in [-0.3, -0.25) is 4.79 Å². The number of nitrogens with one attached hydrogen (secondary N) is 2. The molecule has 1 aromatic rings. The van der Waals surface area contributed by atoms with Gasteiger partial charge in [0.05, 0.1) is 0 Å². The molecule has 0 radical (unpaired) electrons. The van der Waals surface area contributed by atoms with E-state index in [1.165, 1.54) is 5.56 Å². The van der Waals surface area contributed by atoms with Crippen LogP contribution in [-0.4, -0.2) is 42.6 Å². The minimum absolute atomic E-state index is 0.206. The zero-order chi connectivity index (χ0) is 18.3. The van der Waals surface area contributed by atoms with Crippen molar-refractivity contribution in [1.82, 2.24) is 10.2 Å². The summed E-state index contributed by atoms with van der Waals surface area (Å²) in [5.41, 5.74) is 1.54. The summed E-state index contributed by atoms with van der Waals surface area (Å²) in [6.07, 6.45) is 2.46. The summed E-state index contributed by atoms with van der Waals surface area (Å²) in [5.74, 6) is 0.578. The van der Waals surface area contributed by atoms with Crippen LogP contribution in [0, 0.1) is 5.92 Å². The molecule has 2 N–H and O–H groups in total. The second kappa shape index (κ2) is 8.85. The number of likely N-dealkylation sites (tertiary alicyclic amines) is 1. The van der Waals surface area contributed by atoms with Crippen molar-refractivity contribution in [1.29, 1.82) is 0 Å². The molecule has 1 heterocycles. The smallest absolute Gasteiger partial charge is 0.410 e. The summed E-state index contributed by atoms with van der Waals surface area (Å²) in [7, 11) is 0. The van der Waals surface area contributed by atoms with E-state index < -0.39 is 5.60 Å². The molecule has 0 unspecified atom stereocenters. The predicted molar refractivity (Wildman–Crippen MR) is 98.4 cm³/mol. The number of hydrogen-bond donors (Lipinski definition) is 2. The van der Waals surface area contributed by atoms with Gasteiger partial charge in [-0.25, -0.2) is 4.79 Å². The van der Waals surface area contributed by atoms with Gasteiger partial charge in [-0.2, -0.15) is 0 Å². The van der Waals surface area contributed by atoms with Crippen molar-refractivity contribution >= 4 is 18.2 Å². The van der Waals surface area contributed by atoms with Gasteiger partial charge in [0.25, 0.3) is 0 Å². The summed E-state index contributed by atoms with van der Waals surface area (Å²) >= 11 is 0. The lowest BCUT2D eigenvalue weighted by molar-refractivity contribution is -0.105. The van der Waals surface area contributed by atoms with Gasteiger partial charge in [-0.15, -0.1) is 0 Å². The molecule has 1 fully saturated rings. The summed E-state index contributed by atoms with van der Waals surface area (Å²) in [5, 5.41) is 6.11. The monoisotopic (exact) mass is 347 g/mol. The second-order valence-electron chi connectivity index (χ2n) is 7.50. The van der Waals surface area contributed by atoms with Crippen LogP contribution < -0.4 is 10.6 Å². The Morgan fingerprint density at radius 2 is 1.88 bits per heavy atom. The molecule has 1 saturated heterocycles. The normalized spacial score (nSPS) is 15.7.